The fraction of sp³-hybridized carbons (Fsp3) is 0.824. The zero-order valence-corrected chi connectivity index (χ0v) is 13.9. The van der Waals surface area contributed by atoms with Crippen molar-refractivity contribution in [3.05, 3.63) is 15.6 Å². The van der Waals surface area contributed by atoms with Gasteiger partial charge in [-0.2, -0.15) is 0 Å². The predicted octanol–water partition coefficient (Wildman–Crippen LogP) is 2.99. The highest BCUT2D eigenvalue weighted by atomic mass is 32.1. The van der Waals surface area contributed by atoms with Gasteiger partial charge in [-0.1, -0.05) is 6.92 Å². The fourth-order valence-electron chi connectivity index (χ4n) is 4.10. The first kappa shape index (κ1) is 14.2. The summed E-state index contributed by atoms with van der Waals surface area (Å²) in [4.78, 5) is 6.74. The standard InChI is InChI=1S/C17H27N3S/c1-2-12-11-18-10-9-17(12,20-13-7-8-13)16-19-14-5-3-4-6-15(14)21-16/h12-13,18,20H,2-11H2,1H3. The second-order valence-corrected chi connectivity index (χ2v) is 8.13. The van der Waals surface area contributed by atoms with Gasteiger partial charge < -0.3 is 10.6 Å². The Balaban J connectivity index is 1.71. The molecule has 1 aromatic heterocycles. The lowest BCUT2D eigenvalue weighted by atomic mass is 9.77. The van der Waals surface area contributed by atoms with Crippen molar-refractivity contribution in [2.75, 3.05) is 13.1 Å². The number of aromatic nitrogens is 1. The lowest BCUT2D eigenvalue weighted by Crippen LogP contribution is -2.57. The summed E-state index contributed by atoms with van der Waals surface area (Å²) in [6.07, 6.45) is 10.3. The van der Waals surface area contributed by atoms with Gasteiger partial charge in [0, 0.05) is 17.5 Å². The molecular formula is C17H27N3S. The van der Waals surface area contributed by atoms with Gasteiger partial charge in [-0.05, 0) is 63.8 Å². The first-order chi connectivity index (χ1) is 10.3. The van der Waals surface area contributed by atoms with Crippen LogP contribution in [0.2, 0.25) is 0 Å². The van der Waals surface area contributed by atoms with Crippen molar-refractivity contribution >= 4 is 11.3 Å². The van der Waals surface area contributed by atoms with Crippen LogP contribution in [-0.4, -0.2) is 24.1 Å². The van der Waals surface area contributed by atoms with Gasteiger partial charge in [-0.15, -0.1) is 11.3 Å². The van der Waals surface area contributed by atoms with Crippen LogP contribution in [0.3, 0.4) is 0 Å². The summed E-state index contributed by atoms with van der Waals surface area (Å²) in [7, 11) is 0. The van der Waals surface area contributed by atoms with Crippen molar-refractivity contribution in [1.82, 2.24) is 15.6 Å². The van der Waals surface area contributed by atoms with Crippen LogP contribution in [0.4, 0.5) is 0 Å². The number of nitrogens with one attached hydrogen (secondary N) is 2. The maximum absolute atomic E-state index is 5.15. The SMILES string of the molecule is CCC1CNCCC1(NC1CC1)c1nc2c(s1)CCCC2. The molecular weight excluding hydrogens is 278 g/mol. The van der Waals surface area contributed by atoms with Gasteiger partial charge in [0.05, 0.1) is 11.2 Å². The van der Waals surface area contributed by atoms with Crippen molar-refractivity contribution in [2.45, 2.75) is 69.9 Å². The lowest BCUT2D eigenvalue weighted by Gasteiger charge is -2.44. The van der Waals surface area contributed by atoms with Gasteiger partial charge >= 0.3 is 0 Å². The highest BCUT2D eigenvalue weighted by Gasteiger charge is 2.46. The molecule has 0 bridgehead atoms. The number of aryl methyl sites for hydroxylation is 2. The molecule has 2 heterocycles. The van der Waals surface area contributed by atoms with Crippen LogP contribution in [-0.2, 0) is 18.4 Å². The zero-order chi connectivity index (χ0) is 14.3. The van der Waals surface area contributed by atoms with Crippen molar-refractivity contribution in [2.24, 2.45) is 5.92 Å². The lowest BCUT2D eigenvalue weighted by molar-refractivity contribution is 0.146. The molecule has 0 amide bonds. The number of nitrogens with zero attached hydrogens (tertiary/aromatic N) is 1. The average molecular weight is 305 g/mol. The van der Waals surface area contributed by atoms with E-state index in [-0.39, 0.29) is 5.54 Å². The molecule has 2 unspecified atom stereocenters. The van der Waals surface area contributed by atoms with Crippen LogP contribution >= 0.6 is 11.3 Å². The normalized spacial score (nSPS) is 32.9. The van der Waals surface area contributed by atoms with Crippen molar-refractivity contribution in [1.29, 1.82) is 0 Å². The summed E-state index contributed by atoms with van der Waals surface area (Å²) in [6.45, 7) is 4.61. The second-order valence-electron chi connectivity index (χ2n) is 7.05. The van der Waals surface area contributed by atoms with Crippen LogP contribution in [0.5, 0.6) is 0 Å². The van der Waals surface area contributed by atoms with Crippen LogP contribution in [0, 0.1) is 5.92 Å². The minimum absolute atomic E-state index is 0.156. The summed E-state index contributed by atoms with van der Waals surface area (Å²) in [5, 5.41) is 9.05. The molecule has 2 atom stereocenters. The topological polar surface area (TPSA) is 37.0 Å². The summed E-state index contributed by atoms with van der Waals surface area (Å²) in [6, 6.07) is 0.748. The van der Waals surface area contributed by atoms with E-state index in [4.69, 9.17) is 4.98 Å². The second kappa shape index (κ2) is 5.64. The van der Waals surface area contributed by atoms with E-state index in [1.807, 2.05) is 11.3 Å². The number of piperidine rings is 1. The number of hydrogen-bond donors (Lipinski definition) is 2. The van der Waals surface area contributed by atoms with Crippen LogP contribution < -0.4 is 10.6 Å². The Kier molecular flexibility index (Phi) is 3.80. The molecule has 1 saturated heterocycles. The van der Waals surface area contributed by atoms with Gasteiger partial charge in [0.25, 0.3) is 0 Å². The highest BCUT2D eigenvalue weighted by Crippen LogP contribution is 2.43. The maximum atomic E-state index is 5.15. The first-order valence-electron chi connectivity index (χ1n) is 8.79. The predicted molar refractivity (Wildman–Crippen MR) is 87.9 cm³/mol. The largest absolute Gasteiger partial charge is 0.316 e. The molecule has 21 heavy (non-hydrogen) atoms. The molecule has 1 aliphatic heterocycles. The Morgan fingerprint density at radius 2 is 2.19 bits per heavy atom. The van der Waals surface area contributed by atoms with E-state index in [1.165, 1.54) is 62.1 Å². The Bertz CT molecular complexity index is 485. The van der Waals surface area contributed by atoms with E-state index in [1.54, 1.807) is 4.88 Å². The Morgan fingerprint density at radius 1 is 1.33 bits per heavy atom. The van der Waals surface area contributed by atoms with Crippen molar-refractivity contribution in [3.63, 3.8) is 0 Å². The monoisotopic (exact) mass is 305 g/mol. The van der Waals surface area contributed by atoms with Gasteiger partial charge in [0.15, 0.2) is 0 Å². The third kappa shape index (κ3) is 2.55. The third-order valence-electron chi connectivity index (χ3n) is 5.54. The van der Waals surface area contributed by atoms with Crippen molar-refractivity contribution in [3.8, 4) is 0 Å². The van der Waals surface area contributed by atoms with E-state index in [9.17, 15) is 0 Å². The number of rotatable bonds is 4. The van der Waals surface area contributed by atoms with Crippen LogP contribution in [0.1, 0.15) is 61.0 Å². The molecule has 3 nitrogen and oxygen atoms in total. The van der Waals surface area contributed by atoms with E-state index in [0.717, 1.165) is 19.1 Å². The van der Waals surface area contributed by atoms with E-state index in [2.05, 4.69) is 17.6 Å². The molecule has 2 aliphatic carbocycles. The quantitative estimate of drug-likeness (QED) is 0.898. The Hall–Kier alpha value is -0.450. The summed E-state index contributed by atoms with van der Waals surface area (Å²) >= 11 is 2.03. The molecule has 1 aromatic rings. The maximum Gasteiger partial charge on any atom is 0.114 e. The molecule has 4 rings (SSSR count). The molecule has 116 valence electrons. The Labute approximate surface area is 131 Å². The minimum Gasteiger partial charge on any atom is -0.316 e. The smallest absolute Gasteiger partial charge is 0.114 e. The highest BCUT2D eigenvalue weighted by molar-refractivity contribution is 7.11. The van der Waals surface area contributed by atoms with Crippen LogP contribution in [0.25, 0.3) is 0 Å². The van der Waals surface area contributed by atoms with E-state index >= 15 is 0 Å². The number of fused-ring (bicyclic) bond motifs is 1. The van der Waals surface area contributed by atoms with Gasteiger partial charge in [-0.3, -0.25) is 0 Å². The molecule has 2 N–H and O–H groups in total. The minimum atomic E-state index is 0.156. The van der Waals surface area contributed by atoms with Gasteiger partial charge in [0.2, 0.25) is 0 Å². The van der Waals surface area contributed by atoms with Gasteiger partial charge in [0.1, 0.15) is 5.01 Å². The first-order valence-corrected chi connectivity index (χ1v) is 9.61. The number of thiazole rings is 1. The molecule has 2 fully saturated rings. The molecule has 4 heteroatoms. The average Bonchev–Trinajstić information content (AvgIpc) is 3.22. The fourth-order valence-corrected chi connectivity index (χ4v) is 5.51. The zero-order valence-electron chi connectivity index (χ0n) is 13.1. The van der Waals surface area contributed by atoms with Crippen molar-refractivity contribution < 1.29 is 0 Å². The van der Waals surface area contributed by atoms with E-state index in [0.29, 0.717) is 5.92 Å². The molecule has 1 saturated carbocycles. The summed E-state index contributed by atoms with van der Waals surface area (Å²) in [5.41, 5.74) is 1.58. The molecule has 0 spiro atoms. The molecule has 0 aromatic carbocycles. The third-order valence-corrected chi connectivity index (χ3v) is 6.88. The van der Waals surface area contributed by atoms with E-state index < -0.39 is 0 Å². The number of hydrogen-bond acceptors (Lipinski definition) is 4. The molecule has 3 aliphatic rings. The van der Waals surface area contributed by atoms with Crippen LogP contribution in [0.15, 0.2) is 0 Å². The summed E-state index contributed by atoms with van der Waals surface area (Å²) in [5.74, 6) is 0.680. The molecule has 0 radical (unpaired) electrons. The van der Waals surface area contributed by atoms with Gasteiger partial charge in [-0.25, -0.2) is 4.98 Å². The summed E-state index contributed by atoms with van der Waals surface area (Å²) < 4.78 is 0. The Morgan fingerprint density at radius 3 is 2.95 bits per heavy atom.